The molecular weight excluding hydrogens is 266 g/mol. The van der Waals surface area contributed by atoms with Gasteiger partial charge in [-0.1, -0.05) is 35.4 Å². The lowest BCUT2D eigenvalue weighted by Gasteiger charge is -2.11. The van der Waals surface area contributed by atoms with Crippen LogP contribution in [-0.4, -0.2) is 10.1 Å². The van der Waals surface area contributed by atoms with E-state index >= 15 is 0 Å². The summed E-state index contributed by atoms with van der Waals surface area (Å²) < 4.78 is 0. The number of aromatic nitrogens is 1. The second-order valence-corrected chi connectivity index (χ2v) is 5.30. The van der Waals surface area contributed by atoms with Gasteiger partial charge in [0.2, 0.25) is 0 Å². The molecule has 0 spiro atoms. The van der Waals surface area contributed by atoms with Crippen LogP contribution in [0, 0.1) is 13.8 Å². The van der Waals surface area contributed by atoms with E-state index in [1.165, 1.54) is 16.7 Å². The molecule has 0 saturated heterocycles. The number of hydrogen-bond acceptors (Lipinski definition) is 2. The number of hydrogen-bond donors (Lipinski definition) is 2. The zero-order valence-corrected chi connectivity index (χ0v) is 12.6. The molecule has 4 heteroatoms. The summed E-state index contributed by atoms with van der Waals surface area (Å²) in [5.74, 6) is 0. The third kappa shape index (κ3) is 4.63. The van der Waals surface area contributed by atoms with Gasteiger partial charge in [0, 0.05) is 25.5 Å². The molecule has 0 aliphatic heterocycles. The number of benzene rings is 1. The predicted molar refractivity (Wildman–Crippen MR) is 86.4 cm³/mol. The highest BCUT2D eigenvalue weighted by atomic mass is 32.1. The molecule has 0 bridgehead atoms. The Morgan fingerprint density at radius 3 is 2.30 bits per heavy atom. The van der Waals surface area contributed by atoms with Crippen LogP contribution in [0.15, 0.2) is 42.7 Å². The van der Waals surface area contributed by atoms with E-state index in [0.717, 1.165) is 12.1 Å². The molecular formula is C16H19N3S. The number of rotatable bonds is 4. The highest BCUT2D eigenvalue weighted by molar-refractivity contribution is 7.80. The van der Waals surface area contributed by atoms with Gasteiger partial charge in [-0.3, -0.25) is 4.98 Å². The molecule has 0 amide bonds. The molecule has 2 N–H and O–H groups in total. The van der Waals surface area contributed by atoms with Crippen LogP contribution >= 0.6 is 12.2 Å². The van der Waals surface area contributed by atoms with Crippen molar-refractivity contribution >= 4 is 17.3 Å². The molecule has 0 aliphatic carbocycles. The van der Waals surface area contributed by atoms with Gasteiger partial charge in [-0.05, 0) is 43.3 Å². The van der Waals surface area contributed by atoms with Crippen LogP contribution in [0.1, 0.15) is 22.3 Å². The summed E-state index contributed by atoms with van der Waals surface area (Å²) in [5.41, 5.74) is 4.91. The fourth-order valence-electron chi connectivity index (χ4n) is 2.10. The molecule has 20 heavy (non-hydrogen) atoms. The maximum atomic E-state index is 5.28. The van der Waals surface area contributed by atoms with Crippen LogP contribution in [0.4, 0.5) is 0 Å². The average molecular weight is 285 g/mol. The summed E-state index contributed by atoms with van der Waals surface area (Å²) in [5, 5.41) is 7.06. The van der Waals surface area contributed by atoms with Crippen molar-refractivity contribution in [2.75, 3.05) is 0 Å². The topological polar surface area (TPSA) is 37.0 Å². The van der Waals surface area contributed by atoms with Gasteiger partial charge < -0.3 is 10.6 Å². The molecule has 2 rings (SSSR count). The Hall–Kier alpha value is -1.94. The van der Waals surface area contributed by atoms with Gasteiger partial charge in [0.15, 0.2) is 5.11 Å². The molecule has 104 valence electrons. The van der Waals surface area contributed by atoms with Crippen molar-refractivity contribution in [2.45, 2.75) is 26.9 Å². The maximum absolute atomic E-state index is 5.28. The summed E-state index contributed by atoms with van der Waals surface area (Å²) in [6.07, 6.45) is 3.60. The minimum atomic E-state index is 0.660. The molecule has 1 heterocycles. The van der Waals surface area contributed by atoms with Crippen LogP contribution in [0.3, 0.4) is 0 Å². The van der Waals surface area contributed by atoms with Gasteiger partial charge in [0.25, 0.3) is 0 Å². The zero-order valence-electron chi connectivity index (χ0n) is 11.8. The quantitative estimate of drug-likeness (QED) is 0.847. The number of aryl methyl sites for hydroxylation is 2. The fourth-order valence-corrected chi connectivity index (χ4v) is 2.25. The van der Waals surface area contributed by atoms with E-state index in [0.29, 0.717) is 11.7 Å². The monoisotopic (exact) mass is 285 g/mol. The van der Waals surface area contributed by atoms with Crippen LogP contribution in [-0.2, 0) is 13.1 Å². The molecule has 0 atom stereocenters. The summed E-state index contributed by atoms with van der Waals surface area (Å²) in [7, 11) is 0. The molecule has 0 aliphatic rings. The Morgan fingerprint density at radius 1 is 1.05 bits per heavy atom. The molecule has 3 nitrogen and oxygen atoms in total. The first-order valence-electron chi connectivity index (χ1n) is 6.61. The van der Waals surface area contributed by atoms with Gasteiger partial charge >= 0.3 is 0 Å². The summed E-state index contributed by atoms with van der Waals surface area (Å²) in [6, 6.07) is 10.4. The first kappa shape index (κ1) is 14.5. The Bertz CT molecular complexity index is 561. The first-order chi connectivity index (χ1) is 9.63. The molecule has 0 fully saturated rings. The molecule has 1 aromatic carbocycles. The van der Waals surface area contributed by atoms with Crippen molar-refractivity contribution in [3.05, 3.63) is 65.0 Å². The smallest absolute Gasteiger partial charge is 0.166 e. The lowest BCUT2D eigenvalue weighted by atomic mass is 10.1. The van der Waals surface area contributed by atoms with Gasteiger partial charge in [0.1, 0.15) is 0 Å². The van der Waals surface area contributed by atoms with Crippen LogP contribution in [0.25, 0.3) is 0 Å². The van der Waals surface area contributed by atoms with Gasteiger partial charge in [-0.2, -0.15) is 0 Å². The maximum Gasteiger partial charge on any atom is 0.166 e. The minimum Gasteiger partial charge on any atom is -0.359 e. The minimum absolute atomic E-state index is 0.660. The second kappa shape index (κ2) is 7.01. The summed E-state index contributed by atoms with van der Waals surface area (Å²) >= 11 is 5.28. The lowest BCUT2D eigenvalue weighted by Crippen LogP contribution is -2.34. The van der Waals surface area contributed by atoms with Gasteiger partial charge in [-0.15, -0.1) is 0 Å². The van der Waals surface area contributed by atoms with Crippen molar-refractivity contribution in [3.8, 4) is 0 Å². The van der Waals surface area contributed by atoms with E-state index in [1.54, 1.807) is 6.20 Å². The number of nitrogens with one attached hydrogen (secondary N) is 2. The Morgan fingerprint density at radius 2 is 1.70 bits per heavy atom. The van der Waals surface area contributed by atoms with E-state index in [2.05, 4.69) is 47.7 Å². The van der Waals surface area contributed by atoms with Crippen molar-refractivity contribution in [3.63, 3.8) is 0 Å². The van der Waals surface area contributed by atoms with E-state index in [9.17, 15) is 0 Å². The molecule has 0 radical (unpaired) electrons. The molecule has 0 saturated carbocycles. The van der Waals surface area contributed by atoms with Gasteiger partial charge in [0.05, 0.1) is 0 Å². The summed E-state index contributed by atoms with van der Waals surface area (Å²) in [4.78, 5) is 4.07. The highest BCUT2D eigenvalue weighted by Gasteiger charge is 1.99. The van der Waals surface area contributed by atoms with Crippen molar-refractivity contribution in [2.24, 2.45) is 0 Å². The largest absolute Gasteiger partial charge is 0.359 e. The molecule has 2 aromatic rings. The normalized spacial score (nSPS) is 10.1. The van der Waals surface area contributed by atoms with Crippen LogP contribution < -0.4 is 10.6 Å². The number of pyridine rings is 1. The van der Waals surface area contributed by atoms with E-state index in [4.69, 9.17) is 12.2 Å². The predicted octanol–water partition coefficient (Wildman–Crippen LogP) is 2.86. The van der Waals surface area contributed by atoms with Crippen molar-refractivity contribution in [1.29, 1.82) is 0 Å². The average Bonchev–Trinajstić information content (AvgIpc) is 2.43. The molecule has 1 aromatic heterocycles. The number of thiocarbonyl (C=S) groups is 1. The SMILES string of the molecule is Cc1cc(C)cc(CNC(=S)NCc2cccnc2)c1. The van der Waals surface area contributed by atoms with Gasteiger partial charge in [-0.25, -0.2) is 0 Å². The van der Waals surface area contributed by atoms with Crippen LogP contribution in [0.2, 0.25) is 0 Å². The van der Waals surface area contributed by atoms with E-state index in [1.807, 2.05) is 18.3 Å². The fraction of sp³-hybridized carbons (Fsp3) is 0.250. The van der Waals surface area contributed by atoms with Crippen molar-refractivity contribution < 1.29 is 0 Å². The Labute approximate surface area is 125 Å². The Kier molecular flexibility index (Phi) is 5.07. The van der Waals surface area contributed by atoms with Crippen molar-refractivity contribution in [1.82, 2.24) is 15.6 Å². The number of nitrogens with zero attached hydrogens (tertiary/aromatic N) is 1. The zero-order chi connectivity index (χ0) is 14.4. The third-order valence-corrected chi connectivity index (χ3v) is 3.20. The molecule has 0 unspecified atom stereocenters. The van der Waals surface area contributed by atoms with E-state index < -0.39 is 0 Å². The summed E-state index contributed by atoms with van der Waals surface area (Å²) in [6.45, 7) is 5.64. The third-order valence-electron chi connectivity index (χ3n) is 2.91. The first-order valence-corrected chi connectivity index (χ1v) is 7.02. The van der Waals surface area contributed by atoms with Crippen LogP contribution in [0.5, 0.6) is 0 Å². The highest BCUT2D eigenvalue weighted by Crippen LogP contribution is 2.08. The lowest BCUT2D eigenvalue weighted by molar-refractivity contribution is 0.829. The Balaban J connectivity index is 1.80. The second-order valence-electron chi connectivity index (χ2n) is 4.89. The van der Waals surface area contributed by atoms with E-state index in [-0.39, 0.29) is 0 Å². The standard InChI is InChI=1S/C16H19N3S/c1-12-6-13(2)8-15(7-12)11-19-16(20)18-10-14-4-3-5-17-9-14/h3-9H,10-11H2,1-2H3,(H2,18,19,20).